The van der Waals surface area contributed by atoms with E-state index < -0.39 is 0 Å². The van der Waals surface area contributed by atoms with Crippen LogP contribution < -0.4 is 10.5 Å². The maximum Gasteiger partial charge on any atom is 0.252 e. The number of piperazine rings is 1. The second kappa shape index (κ2) is 9.59. The van der Waals surface area contributed by atoms with Gasteiger partial charge in [-0.05, 0) is 50.8 Å². The second-order valence-electron chi connectivity index (χ2n) is 9.49. The van der Waals surface area contributed by atoms with Gasteiger partial charge in [-0.1, -0.05) is 13.8 Å². The van der Waals surface area contributed by atoms with Crippen LogP contribution in [0.4, 0.5) is 5.69 Å². The highest BCUT2D eigenvalue weighted by molar-refractivity contribution is 5.88. The highest BCUT2D eigenvalue weighted by atomic mass is 16.1. The number of aryl methyl sites for hydroxylation is 3. The molecule has 8 nitrogen and oxygen atoms in total. The monoisotopic (exact) mass is 461 g/mol. The van der Waals surface area contributed by atoms with Crippen LogP contribution in [0.2, 0.25) is 0 Å². The molecule has 4 rings (SSSR count). The van der Waals surface area contributed by atoms with E-state index in [4.69, 9.17) is 10.2 Å². The number of nitriles is 1. The third kappa shape index (κ3) is 4.21. The van der Waals surface area contributed by atoms with Gasteiger partial charge in [-0.25, -0.2) is 0 Å². The summed E-state index contributed by atoms with van der Waals surface area (Å²) in [6, 6.07) is 6.84. The summed E-state index contributed by atoms with van der Waals surface area (Å²) in [6.07, 6.45) is 5.73. The van der Waals surface area contributed by atoms with Crippen molar-refractivity contribution in [2.75, 3.05) is 18.0 Å². The molecule has 1 fully saturated rings. The summed E-state index contributed by atoms with van der Waals surface area (Å²) in [5.74, 6) is 0. The molecule has 0 radical (unpaired) electrons. The van der Waals surface area contributed by atoms with Crippen LogP contribution in [-0.2, 0) is 13.6 Å². The Labute approximate surface area is 201 Å². The molecule has 0 bridgehead atoms. The zero-order chi connectivity index (χ0) is 24.6. The van der Waals surface area contributed by atoms with Gasteiger partial charge in [-0.2, -0.15) is 10.4 Å². The van der Waals surface area contributed by atoms with E-state index in [1.165, 1.54) is 11.1 Å². The van der Waals surface area contributed by atoms with E-state index in [2.05, 4.69) is 61.7 Å². The number of hydrogen-bond acceptors (Lipinski definition) is 6. The number of fused-ring (bicyclic) bond motifs is 1. The highest BCUT2D eigenvalue weighted by Crippen LogP contribution is 2.34. The van der Waals surface area contributed by atoms with E-state index in [-0.39, 0.29) is 24.2 Å². The van der Waals surface area contributed by atoms with Crippen LogP contribution in [0.15, 0.2) is 29.3 Å². The molecule has 34 heavy (non-hydrogen) atoms. The number of pyridine rings is 2. The molecule has 0 aliphatic carbocycles. The fraction of sp³-hybridized carbons (Fsp3) is 0.538. The lowest BCUT2D eigenvalue weighted by molar-refractivity contribution is 0.0991. The Bertz CT molecular complexity index is 1280. The molecule has 0 N–H and O–H groups in total. The fourth-order valence-corrected chi connectivity index (χ4v) is 5.11. The minimum Gasteiger partial charge on any atom is -0.364 e. The maximum atomic E-state index is 12.8. The largest absolute Gasteiger partial charge is 0.364 e. The van der Waals surface area contributed by atoms with Crippen molar-refractivity contribution in [3.8, 4) is 6.07 Å². The third-order valence-corrected chi connectivity index (χ3v) is 7.48. The van der Waals surface area contributed by atoms with Gasteiger partial charge in [0.15, 0.2) is 0 Å². The van der Waals surface area contributed by atoms with E-state index in [9.17, 15) is 4.79 Å². The van der Waals surface area contributed by atoms with Crippen molar-refractivity contribution in [2.24, 2.45) is 7.05 Å². The second-order valence-corrected chi connectivity index (χ2v) is 9.49. The molecule has 0 saturated carbocycles. The van der Waals surface area contributed by atoms with Gasteiger partial charge in [-0.3, -0.25) is 19.4 Å². The van der Waals surface area contributed by atoms with Crippen molar-refractivity contribution < 1.29 is 0 Å². The summed E-state index contributed by atoms with van der Waals surface area (Å²) in [4.78, 5) is 22.5. The van der Waals surface area contributed by atoms with Crippen molar-refractivity contribution in [3.63, 3.8) is 0 Å². The molecule has 8 heteroatoms. The molecule has 1 unspecified atom stereocenters. The number of rotatable bonds is 6. The topological polar surface area (TPSA) is 83.0 Å². The smallest absolute Gasteiger partial charge is 0.252 e. The summed E-state index contributed by atoms with van der Waals surface area (Å²) in [5, 5.41) is 13.8. The van der Waals surface area contributed by atoms with Crippen molar-refractivity contribution in [1.82, 2.24) is 24.2 Å². The molecule has 3 aromatic rings. The normalized spacial score (nSPS) is 20.0. The molecule has 1 aliphatic heterocycles. The van der Waals surface area contributed by atoms with Gasteiger partial charge in [-0.15, -0.1) is 0 Å². The van der Waals surface area contributed by atoms with Gasteiger partial charge in [0, 0.05) is 50.5 Å². The lowest BCUT2D eigenvalue weighted by Gasteiger charge is -2.49. The van der Waals surface area contributed by atoms with Crippen molar-refractivity contribution in [3.05, 3.63) is 51.7 Å². The molecular weight excluding hydrogens is 426 g/mol. The van der Waals surface area contributed by atoms with Crippen LogP contribution in [0.1, 0.15) is 56.5 Å². The van der Waals surface area contributed by atoms with Crippen LogP contribution in [0.3, 0.4) is 0 Å². The Balaban J connectivity index is 1.72. The molecule has 3 aromatic heterocycles. The first kappa shape index (κ1) is 24.0. The van der Waals surface area contributed by atoms with E-state index in [1.807, 2.05) is 6.20 Å². The lowest BCUT2D eigenvalue weighted by Crippen LogP contribution is -2.59. The number of aromatic nitrogens is 4. The molecule has 0 amide bonds. The lowest BCUT2D eigenvalue weighted by atomic mass is 9.97. The zero-order valence-corrected chi connectivity index (χ0v) is 21.1. The van der Waals surface area contributed by atoms with Gasteiger partial charge >= 0.3 is 0 Å². The van der Waals surface area contributed by atoms with Gasteiger partial charge in [0.25, 0.3) is 5.56 Å². The average molecular weight is 462 g/mol. The molecule has 0 aromatic carbocycles. The predicted molar refractivity (Wildman–Crippen MR) is 135 cm³/mol. The Morgan fingerprint density at radius 1 is 1.15 bits per heavy atom. The molecule has 180 valence electrons. The first-order chi connectivity index (χ1) is 16.3. The standard InChI is InChI=1S/C26H35N7O/c1-7-20-15-33(23-12-25(34)30(6)24-16-31(10-9-27)29-26(23)24)21(8-2)14-32(20)19(5)22-11-17(3)18(4)13-28-22/h11-13,16,19-21H,7-8,10,14-15H2,1-6H3/t19?,20-,21+/m1/s1. The van der Waals surface area contributed by atoms with Gasteiger partial charge < -0.3 is 9.47 Å². The Kier molecular flexibility index (Phi) is 6.76. The summed E-state index contributed by atoms with van der Waals surface area (Å²) in [7, 11) is 1.76. The van der Waals surface area contributed by atoms with Crippen molar-refractivity contribution in [2.45, 2.75) is 72.1 Å². The number of anilines is 1. The average Bonchev–Trinajstić information content (AvgIpc) is 3.26. The van der Waals surface area contributed by atoms with E-state index in [1.54, 1.807) is 28.6 Å². The SMILES string of the molecule is CC[C@H]1CN(C(C)c2cc(C)c(C)cn2)[C@H](CC)CN1c1cc(=O)n(C)c2cn(CC#N)nc12. The summed E-state index contributed by atoms with van der Waals surface area (Å²) >= 11 is 0. The van der Waals surface area contributed by atoms with Crippen LogP contribution in [0.5, 0.6) is 0 Å². The minimum atomic E-state index is -0.0583. The van der Waals surface area contributed by atoms with Gasteiger partial charge in [0.05, 0.1) is 29.2 Å². The van der Waals surface area contributed by atoms with Crippen LogP contribution in [-0.4, -0.2) is 49.4 Å². The number of hydrogen-bond donors (Lipinski definition) is 0. The minimum absolute atomic E-state index is 0.0583. The predicted octanol–water partition coefficient (Wildman–Crippen LogP) is 3.71. The molecular formula is C26H35N7O. The number of nitrogens with zero attached hydrogens (tertiary/aromatic N) is 7. The molecule has 1 saturated heterocycles. The fourth-order valence-electron chi connectivity index (χ4n) is 5.11. The summed E-state index contributed by atoms with van der Waals surface area (Å²) in [6.45, 7) is 12.8. The first-order valence-electron chi connectivity index (χ1n) is 12.2. The molecule has 3 atom stereocenters. The van der Waals surface area contributed by atoms with E-state index >= 15 is 0 Å². The zero-order valence-electron chi connectivity index (χ0n) is 21.1. The van der Waals surface area contributed by atoms with Crippen LogP contribution in [0.25, 0.3) is 11.0 Å². The maximum absolute atomic E-state index is 12.8. The Hall–Kier alpha value is -3.18. The Morgan fingerprint density at radius 2 is 1.88 bits per heavy atom. The molecule has 0 spiro atoms. The third-order valence-electron chi connectivity index (χ3n) is 7.48. The highest BCUT2D eigenvalue weighted by Gasteiger charge is 2.36. The molecule has 4 heterocycles. The Morgan fingerprint density at radius 3 is 2.53 bits per heavy atom. The summed E-state index contributed by atoms with van der Waals surface area (Å²) in [5.41, 5.74) is 5.94. The molecule has 1 aliphatic rings. The van der Waals surface area contributed by atoms with Gasteiger partial charge in [0.1, 0.15) is 12.1 Å². The van der Waals surface area contributed by atoms with Crippen LogP contribution >= 0.6 is 0 Å². The van der Waals surface area contributed by atoms with Crippen LogP contribution in [0, 0.1) is 25.2 Å². The van der Waals surface area contributed by atoms with E-state index in [0.717, 1.165) is 48.3 Å². The quantitative estimate of drug-likeness (QED) is 0.557. The summed E-state index contributed by atoms with van der Waals surface area (Å²) < 4.78 is 3.23. The van der Waals surface area contributed by atoms with Gasteiger partial charge in [0.2, 0.25) is 0 Å². The first-order valence-corrected chi connectivity index (χ1v) is 12.2. The van der Waals surface area contributed by atoms with E-state index in [0.29, 0.717) is 6.04 Å². The van der Waals surface area contributed by atoms with Crippen molar-refractivity contribution >= 4 is 16.7 Å². The van der Waals surface area contributed by atoms with Crippen molar-refractivity contribution in [1.29, 1.82) is 5.26 Å².